The molecule has 0 amide bonds. The lowest BCUT2D eigenvalue weighted by Gasteiger charge is -2.31. The van der Waals surface area contributed by atoms with Gasteiger partial charge < -0.3 is 18.8 Å². The number of hydrogen-bond donors (Lipinski definition) is 0. The van der Waals surface area contributed by atoms with Gasteiger partial charge in [0, 0.05) is 31.7 Å². The van der Waals surface area contributed by atoms with Crippen LogP contribution in [0.5, 0.6) is 0 Å². The Labute approximate surface area is 126 Å². The number of rotatable bonds is 4. The third kappa shape index (κ3) is 3.86. The van der Waals surface area contributed by atoms with E-state index in [2.05, 4.69) is 23.9 Å². The molecule has 118 valence electrons. The molecule has 1 aromatic heterocycles. The van der Waals surface area contributed by atoms with Crippen LogP contribution in [-0.2, 0) is 16.0 Å². The molecule has 0 N–H and O–H groups in total. The summed E-state index contributed by atoms with van der Waals surface area (Å²) in [5.41, 5.74) is 1.09. The van der Waals surface area contributed by atoms with Crippen molar-refractivity contribution in [1.82, 2.24) is 9.80 Å². The fourth-order valence-corrected chi connectivity index (χ4v) is 3.54. The number of ether oxygens (including phenoxy) is 2. The topological polar surface area (TPSA) is 38.1 Å². The summed E-state index contributed by atoms with van der Waals surface area (Å²) in [6.45, 7) is 6.24. The van der Waals surface area contributed by atoms with Crippen molar-refractivity contribution >= 4 is 0 Å². The van der Waals surface area contributed by atoms with Gasteiger partial charge in [-0.15, -0.1) is 0 Å². The Morgan fingerprint density at radius 3 is 3.10 bits per heavy atom. The van der Waals surface area contributed by atoms with Crippen molar-refractivity contribution in [2.24, 2.45) is 5.92 Å². The van der Waals surface area contributed by atoms with E-state index in [1.54, 1.807) is 6.26 Å². The Kier molecular flexibility index (Phi) is 4.64. The van der Waals surface area contributed by atoms with Crippen molar-refractivity contribution < 1.29 is 13.9 Å². The van der Waals surface area contributed by atoms with Crippen LogP contribution in [-0.4, -0.2) is 69.0 Å². The lowest BCUT2D eigenvalue weighted by atomic mass is 9.94. The Morgan fingerprint density at radius 2 is 2.33 bits per heavy atom. The average molecular weight is 294 g/mol. The fraction of sp³-hybridized carbons (Fsp3) is 0.750. The molecule has 2 atom stereocenters. The molecule has 0 aliphatic carbocycles. The van der Waals surface area contributed by atoms with Crippen molar-refractivity contribution in [3.63, 3.8) is 0 Å². The zero-order valence-corrected chi connectivity index (χ0v) is 13.1. The van der Waals surface area contributed by atoms with E-state index in [0.29, 0.717) is 5.92 Å². The highest BCUT2D eigenvalue weighted by atomic mass is 16.5. The normalized spacial score (nSPS) is 31.1. The van der Waals surface area contributed by atoms with E-state index in [0.717, 1.165) is 52.4 Å². The van der Waals surface area contributed by atoms with Gasteiger partial charge in [0.05, 0.1) is 32.3 Å². The van der Waals surface area contributed by atoms with Crippen molar-refractivity contribution in [1.29, 1.82) is 0 Å². The average Bonchev–Trinajstić information content (AvgIpc) is 3.00. The van der Waals surface area contributed by atoms with E-state index in [4.69, 9.17) is 13.9 Å². The second-order valence-electron chi connectivity index (χ2n) is 6.72. The smallest absolute Gasteiger partial charge is 0.104 e. The molecule has 0 unspecified atom stereocenters. The van der Waals surface area contributed by atoms with Gasteiger partial charge in [0.25, 0.3) is 0 Å². The van der Waals surface area contributed by atoms with Gasteiger partial charge in [0.15, 0.2) is 0 Å². The Morgan fingerprint density at radius 1 is 1.43 bits per heavy atom. The first-order chi connectivity index (χ1) is 10.2. The van der Waals surface area contributed by atoms with Gasteiger partial charge in [0.2, 0.25) is 0 Å². The molecule has 2 saturated heterocycles. The molecule has 5 heteroatoms. The maximum Gasteiger partial charge on any atom is 0.104 e. The van der Waals surface area contributed by atoms with Crippen LogP contribution in [0.25, 0.3) is 0 Å². The summed E-state index contributed by atoms with van der Waals surface area (Å²) in [6.07, 6.45) is 4.65. The molecule has 5 nitrogen and oxygen atoms in total. The fourth-order valence-electron chi connectivity index (χ4n) is 3.54. The quantitative estimate of drug-likeness (QED) is 0.840. The number of hydrogen-bond acceptors (Lipinski definition) is 5. The minimum absolute atomic E-state index is 0.124. The number of furan rings is 1. The predicted molar refractivity (Wildman–Crippen MR) is 80.1 cm³/mol. The SMILES string of the molecule is CN(C)C[C@H]1CO[C@]2(COCCN(Cc3ccoc3)C2)C1. The van der Waals surface area contributed by atoms with Crippen LogP contribution >= 0.6 is 0 Å². The Hall–Kier alpha value is -0.880. The second kappa shape index (κ2) is 6.48. The molecule has 3 rings (SSSR count). The van der Waals surface area contributed by atoms with Gasteiger partial charge in [-0.1, -0.05) is 0 Å². The largest absolute Gasteiger partial charge is 0.472 e. The highest BCUT2D eigenvalue weighted by molar-refractivity contribution is 5.06. The van der Waals surface area contributed by atoms with Crippen LogP contribution in [0.3, 0.4) is 0 Å². The van der Waals surface area contributed by atoms with Crippen molar-refractivity contribution in [2.75, 3.05) is 53.6 Å². The summed E-state index contributed by atoms with van der Waals surface area (Å²) in [5, 5.41) is 0. The summed E-state index contributed by atoms with van der Waals surface area (Å²) in [5.74, 6) is 0.609. The minimum Gasteiger partial charge on any atom is -0.472 e. The maximum absolute atomic E-state index is 6.21. The van der Waals surface area contributed by atoms with E-state index in [1.807, 2.05) is 12.3 Å². The molecule has 2 aliphatic rings. The van der Waals surface area contributed by atoms with E-state index < -0.39 is 0 Å². The van der Waals surface area contributed by atoms with E-state index in [1.165, 1.54) is 5.56 Å². The summed E-state index contributed by atoms with van der Waals surface area (Å²) in [4.78, 5) is 4.67. The lowest BCUT2D eigenvalue weighted by molar-refractivity contribution is -0.0563. The van der Waals surface area contributed by atoms with Gasteiger partial charge >= 0.3 is 0 Å². The number of nitrogens with zero attached hydrogens (tertiary/aromatic N) is 2. The van der Waals surface area contributed by atoms with Crippen LogP contribution < -0.4 is 0 Å². The van der Waals surface area contributed by atoms with Crippen molar-refractivity contribution in [3.8, 4) is 0 Å². The summed E-state index contributed by atoms with van der Waals surface area (Å²) in [6, 6.07) is 2.03. The molecule has 0 radical (unpaired) electrons. The Balaban J connectivity index is 1.62. The van der Waals surface area contributed by atoms with Gasteiger partial charge in [-0.25, -0.2) is 0 Å². The summed E-state index contributed by atoms with van der Waals surface area (Å²) >= 11 is 0. The molecule has 21 heavy (non-hydrogen) atoms. The van der Waals surface area contributed by atoms with Gasteiger partial charge in [-0.2, -0.15) is 0 Å². The third-order valence-corrected chi connectivity index (χ3v) is 4.32. The third-order valence-electron chi connectivity index (χ3n) is 4.32. The first-order valence-corrected chi connectivity index (χ1v) is 7.75. The van der Waals surface area contributed by atoms with Crippen LogP contribution in [0.4, 0.5) is 0 Å². The van der Waals surface area contributed by atoms with Crippen molar-refractivity contribution in [3.05, 3.63) is 24.2 Å². The molecule has 2 aliphatic heterocycles. The highest BCUT2D eigenvalue weighted by Crippen LogP contribution is 2.33. The van der Waals surface area contributed by atoms with Crippen molar-refractivity contribution in [2.45, 2.75) is 18.6 Å². The molecular formula is C16H26N2O3. The molecular weight excluding hydrogens is 268 g/mol. The second-order valence-corrected chi connectivity index (χ2v) is 6.72. The summed E-state index contributed by atoms with van der Waals surface area (Å²) < 4.78 is 17.2. The standard InChI is InChI=1S/C16H26N2O3/c1-17(2)8-15-7-16(21-11-15)12-18(4-6-20-13-16)9-14-3-5-19-10-14/h3,5,10,15H,4,6-9,11-13H2,1-2H3/t15-,16+/m0/s1. The van der Waals surface area contributed by atoms with Crippen LogP contribution in [0.2, 0.25) is 0 Å². The summed E-state index contributed by atoms with van der Waals surface area (Å²) in [7, 11) is 4.25. The van der Waals surface area contributed by atoms with E-state index >= 15 is 0 Å². The molecule has 0 aromatic carbocycles. The van der Waals surface area contributed by atoms with Crippen LogP contribution in [0.15, 0.2) is 23.0 Å². The molecule has 3 heterocycles. The lowest BCUT2D eigenvalue weighted by Crippen LogP contribution is -2.44. The van der Waals surface area contributed by atoms with Crippen LogP contribution in [0.1, 0.15) is 12.0 Å². The van der Waals surface area contributed by atoms with Gasteiger partial charge in [-0.05, 0) is 32.5 Å². The molecule has 0 bridgehead atoms. The zero-order chi connectivity index (χ0) is 14.7. The monoisotopic (exact) mass is 294 g/mol. The maximum atomic E-state index is 6.21. The molecule has 1 aromatic rings. The minimum atomic E-state index is -0.124. The van der Waals surface area contributed by atoms with Crippen LogP contribution in [0, 0.1) is 5.92 Å². The Bertz CT molecular complexity index is 435. The van der Waals surface area contributed by atoms with E-state index in [9.17, 15) is 0 Å². The molecule has 1 spiro atoms. The highest BCUT2D eigenvalue weighted by Gasteiger charge is 2.43. The first kappa shape index (κ1) is 15.0. The molecule has 2 fully saturated rings. The van der Waals surface area contributed by atoms with Gasteiger partial charge in [0.1, 0.15) is 5.60 Å². The first-order valence-electron chi connectivity index (χ1n) is 7.75. The van der Waals surface area contributed by atoms with Gasteiger partial charge in [-0.3, -0.25) is 4.90 Å². The molecule has 0 saturated carbocycles. The zero-order valence-electron chi connectivity index (χ0n) is 13.1. The predicted octanol–water partition coefficient (Wildman–Crippen LogP) is 1.45. The van der Waals surface area contributed by atoms with E-state index in [-0.39, 0.29) is 5.60 Å².